The number of ether oxygens (including phenoxy) is 1. The molecular formula is C12H22N2O5. The summed E-state index contributed by atoms with van der Waals surface area (Å²) >= 11 is 0. The van der Waals surface area contributed by atoms with Crippen LogP contribution in [0, 0.1) is 5.92 Å². The van der Waals surface area contributed by atoms with Crippen molar-refractivity contribution in [1.29, 1.82) is 0 Å². The number of carbonyl (C=O) groups is 3. The van der Waals surface area contributed by atoms with Crippen molar-refractivity contribution in [1.82, 2.24) is 10.6 Å². The smallest absolute Gasteiger partial charge is 0.329 e. The summed E-state index contributed by atoms with van der Waals surface area (Å²) in [6.07, 6.45) is 1.81. The van der Waals surface area contributed by atoms with Gasteiger partial charge in [0.1, 0.15) is 13.2 Å². The quantitative estimate of drug-likeness (QED) is 0.605. The molecule has 0 aliphatic rings. The first-order valence-corrected chi connectivity index (χ1v) is 6.21. The van der Waals surface area contributed by atoms with Crippen molar-refractivity contribution in [3.8, 4) is 0 Å². The van der Waals surface area contributed by atoms with E-state index >= 15 is 0 Å². The number of hydrogen-bond donors (Lipinski definition) is 3. The molecule has 0 aromatic rings. The molecule has 0 bridgehead atoms. The number of urea groups is 1. The van der Waals surface area contributed by atoms with Crippen LogP contribution in [0.4, 0.5) is 4.79 Å². The van der Waals surface area contributed by atoms with Gasteiger partial charge in [-0.15, -0.1) is 0 Å². The lowest BCUT2D eigenvalue weighted by atomic mass is 10.0. The van der Waals surface area contributed by atoms with Gasteiger partial charge in [0.25, 0.3) is 5.91 Å². The Kier molecular flexibility index (Phi) is 8.52. The molecule has 7 nitrogen and oxygen atoms in total. The van der Waals surface area contributed by atoms with E-state index in [1.807, 2.05) is 6.92 Å². The second kappa shape index (κ2) is 9.32. The highest BCUT2D eigenvalue weighted by atomic mass is 16.5. The van der Waals surface area contributed by atoms with Crippen molar-refractivity contribution in [2.45, 2.75) is 39.7 Å². The minimum Gasteiger partial charge on any atom is -0.480 e. The number of amides is 3. The lowest BCUT2D eigenvalue weighted by Gasteiger charge is -2.15. The van der Waals surface area contributed by atoms with E-state index in [2.05, 4.69) is 29.2 Å². The number of carboxylic acids is 1. The van der Waals surface area contributed by atoms with Crippen molar-refractivity contribution in [2.75, 3.05) is 13.2 Å². The Morgan fingerprint density at radius 2 is 1.74 bits per heavy atom. The van der Waals surface area contributed by atoms with Crippen LogP contribution in [0.15, 0.2) is 0 Å². The van der Waals surface area contributed by atoms with Crippen LogP contribution in [0.3, 0.4) is 0 Å². The van der Waals surface area contributed by atoms with Gasteiger partial charge >= 0.3 is 12.0 Å². The Morgan fingerprint density at radius 3 is 2.26 bits per heavy atom. The maximum atomic E-state index is 11.4. The zero-order valence-corrected chi connectivity index (χ0v) is 11.6. The largest absolute Gasteiger partial charge is 0.480 e. The van der Waals surface area contributed by atoms with E-state index in [0.29, 0.717) is 5.92 Å². The number of hydrogen-bond acceptors (Lipinski definition) is 4. The molecule has 0 saturated heterocycles. The Hall–Kier alpha value is -1.63. The topological polar surface area (TPSA) is 105 Å². The van der Waals surface area contributed by atoms with Crippen LogP contribution in [-0.4, -0.2) is 42.3 Å². The van der Waals surface area contributed by atoms with Gasteiger partial charge in [0.15, 0.2) is 0 Å². The van der Waals surface area contributed by atoms with Gasteiger partial charge in [-0.1, -0.05) is 13.8 Å². The van der Waals surface area contributed by atoms with E-state index in [4.69, 9.17) is 5.11 Å². The van der Waals surface area contributed by atoms with Crippen molar-refractivity contribution >= 4 is 17.9 Å². The molecule has 0 fully saturated rings. The third-order valence-electron chi connectivity index (χ3n) is 2.27. The molecule has 19 heavy (non-hydrogen) atoms. The van der Waals surface area contributed by atoms with Gasteiger partial charge in [0.2, 0.25) is 0 Å². The molecule has 1 atom stereocenters. The highest BCUT2D eigenvalue weighted by molar-refractivity contribution is 5.95. The first-order chi connectivity index (χ1) is 8.81. The molecule has 0 aromatic carbocycles. The van der Waals surface area contributed by atoms with Crippen molar-refractivity contribution in [3.05, 3.63) is 0 Å². The van der Waals surface area contributed by atoms with E-state index in [-0.39, 0.29) is 6.04 Å². The van der Waals surface area contributed by atoms with Crippen LogP contribution in [0.25, 0.3) is 0 Å². The minimum absolute atomic E-state index is 0.0323. The van der Waals surface area contributed by atoms with E-state index in [9.17, 15) is 14.4 Å². The Balaban J connectivity index is 3.77. The standard InChI is InChI=1S/C12H22N2O5/c1-8(2)4-5-9(3)13-12(18)14-10(15)6-19-7-11(16)17/h8-9H,4-7H2,1-3H3,(H,16,17)(H2,13,14,15,18). The van der Waals surface area contributed by atoms with E-state index < -0.39 is 31.1 Å². The Morgan fingerprint density at radius 1 is 1.11 bits per heavy atom. The third-order valence-corrected chi connectivity index (χ3v) is 2.27. The summed E-state index contributed by atoms with van der Waals surface area (Å²) in [7, 11) is 0. The number of aliphatic carboxylic acids is 1. The highest BCUT2D eigenvalue weighted by Crippen LogP contribution is 2.05. The molecule has 0 rings (SSSR count). The fourth-order valence-electron chi connectivity index (χ4n) is 1.31. The second-order valence-corrected chi connectivity index (χ2v) is 4.78. The molecule has 0 spiro atoms. The predicted octanol–water partition coefficient (Wildman–Crippen LogP) is 0.738. The number of rotatable bonds is 8. The third kappa shape index (κ3) is 11.2. The van der Waals surface area contributed by atoms with Crippen LogP contribution in [-0.2, 0) is 14.3 Å². The molecule has 0 aliphatic heterocycles. The maximum Gasteiger partial charge on any atom is 0.329 e. The molecule has 0 saturated carbocycles. The summed E-state index contributed by atoms with van der Waals surface area (Å²) in [5, 5.41) is 13.0. The molecule has 0 heterocycles. The van der Waals surface area contributed by atoms with Crippen LogP contribution in [0.1, 0.15) is 33.6 Å². The summed E-state index contributed by atoms with van der Waals surface area (Å²) in [6.45, 7) is 5.01. The minimum atomic E-state index is -1.17. The molecule has 1 unspecified atom stereocenters. The van der Waals surface area contributed by atoms with Gasteiger partial charge in [-0.25, -0.2) is 9.59 Å². The molecule has 0 aliphatic carbocycles. The fraction of sp³-hybridized carbons (Fsp3) is 0.750. The normalized spacial score (nSPS) is 12.0. The fourth-order valence-corrected chi connectivity index (χ4v) is 1.31. The molecule has 7 heteroatoms. The van der Waals surface area contributed by atoms with Crippen molar-refractivity contribution in [3.63, 3.8) is 0 Å². The molecule has 3 amide bonds. The monoisotopic (exact) mass is 274 g/mol. The van der Waals surface area contributed by atoms with Gasteiger partial charge in [0.05, 0.1) is 0 Å². The zero-order chi connectivity index (χ0) is 14.8. The van der Waals surface area contributed by atoms with Crippen molar-refractivity contribution in [2.24, 2.45) is 5.92 Å². The molecule has 110 valence electrons. The molecule has 3 N–H and O–H groups in total. The first kappa shape index (κ1) is 17.4. The first-order valence-electron chi connectivity index (χ1n) is 6.21. The zero-order valence-electron chi connectivity index (χ0n) is 11.6. The lowest BCUT2D eigenvalue weighted by Crippen LogP contribution is -2.44. The van der Waals surface area contributed by atoms with E-state index in [1.54, 1.807) is 0 Å². The van der Waals surface area contributed by atoms with Gasteiger partial charge in [-0.2, -0.15) is 0 Å². The number of carbonyl (C=O) groups excluding carboxylic acids is 2. The van der Waals surface area contributed by atoms with Crippen LogP contribution >= 0.6 is 0 Å². The summed E-state index contributed by atoms with van der Waals surface area (Å²) < 4.78 is 4.55. The molecule has 0 radical (unpaired) electrons. The van der Waals surface area contributed by atoms with Gasteiger partial charge in [-0.3, -0.25) is 10.1 Å². The predicted molar refractivity (Wildman–Crippen MR) is 68.7 cm³/mol. The maximum absolute atomic E-state index is 11.4. The van der Waals surface area contributed by atoms with Crippen LogP contribution < -0.4 is 10.6 Å². The molecular weight excluding hydrogens is 252 g/mol. The number of imide groups is 1. The van der Waals surface area contributed by atoms with E-state index in [0.717, 1.165) is 12.8 Å². The van der Waals surface area contributed by atoms with Gasteiger partial charge < -0.3 is 15.2 Å². The Bertz CT molecular complexity index is 317. The van der Waals surface area contributed by atoms with Gasteiger partial charge in [-0.05, 0) is 25.7 Å². The van der Waals surface area contributed by atoms with Crippen molar-refractivity contribution < 1.29 is 24.2 Å². The number of nitrogens with one attached hydrogen (secondary N) is 2. The summed E-state index contributed by atoms with van der Waals surface area (Å²) in [4.78, 5) is 32.7. The Labute approximate surface area is 112 Å². The summed E-state index contributed by atoms with van der Waals surface area (Å²) in [5.41, 5.74) is 0. The number of carboxylic acid groups (broad SMARTS) is 1. The van der Waals surface area contributed by atoms with Crippen LogP contribution in [0.2, 0.25) is 0 Å². The average Bonchev–Trinajstić information content (AvgIpc) is 2.25. The van der Waals surface area contributed by atoms with Gasteiger partial charge in [0, 0.05) is 6.04 Å². The van der Waals surface area contributed by atoms with E-state index in [1.165, 1.54) is 0 Å². The van der Waals surface area contributed by atoms with Crippen LogP contribution in [0.5, 0.6) is 0 Å². The lowest BCUT2D eigenvalue weighted by molar-refractivity contribution is -0.143. The average molecular weight is 274 g/mol. The summed E-state index contributed by atoms with van der Waals surface area (Å²) in [5.74, 6) is -1.28. The summed E-state index contributed by atoms with van der Waals surface area (Å²) in [6, 6.07) is -0.629. The second-order valence-electron chi connectivity index (χ2n) is 4.78. The highest BCUT2D eigenvalue weighted by Gasteiger charge is 2.11. The SMILES string of the molecule is CC(C)CCC(C)NC(=O)NC(=O)COCC(=O)O. The molecule has 0 aromatic heterocycles.